The molecule has 2 heterocycles. The maximum absolute atomic E-state index is 12.6. The lowest BCUT2D eigenvalue weighted by molar-refractivity contribution is 0.103. The minimum Gasteiger partial charge on any atom is -0.508 e. The Morgan fingerprint density at radius 2 is 2.10 bits per heavy atom. The predicted molar refractivity (Wildman–Crippen MR) is 109 cm³/mol. The van der Waals surface area contributed by atoms with Crippen molar-refractivity contribution in [2.45, 2.75) is 40.2 Å². The number of phenols is 1. The van der Waals surface area contributed by atoms with Crippen molar-refractivity contribution in [3.63, 3.8) is 0 Å². The number of alkyl halides is 2. The van der Waals surface area contributed by atoms with Crippen molar-refractivity contribution < 1.29 is 18.7 Å². The first-order chi connectivity index (χ1) is 13.8. The van der Waals surface area contributed by atoms with Crippen LogP contribution in [0.2, 0.25) is 0 Å². The number of hydrogen-bond donors (Lipinski definition) is 3. The summed E-state index contributed by atoms with van der Waals surface area (Å²) in [4.78, 5) is 17.1. The van der Waals surface area contributed by atoms with E-state index in [-0.39, 0.29) is 11.7 Å². The first kappa shape index (κ1) is 20.7. The molecule has 0 spiro atoms. The highest BCUT2D eigenvalue weighted by Gasteiger charge is 2.17. The summed E-state index contributed by atoms with van der Waals surface area (Å²) in [5, 5.41) is 20.2. The lowest BCUT2D eigenvalue weighted by atomic mass is 10.1. The Bertz CT molecular complexity index is 1030. The van der Waals surface area contributed by atoms with Gasteiger partial charge in [0.15, 0.2) is 10.9 Å². The molecule has 154 valence electrons. The number of hydrogen-bond acceptors (Lipinski definition) is 6. The van der Waals surface area contributed by atoms with Gasteiger partial charge in [0.1, 0.15) is 17.2 Å². The summed E-state index contributed by atoms with van der Waals surface area (Å²) in [6.45, 7) is 4.97. The molecule has 3 rings (SSSR count). The van der Waals surface area contributed by atoms with Crippen molar-refractivity contribution in [3.05, 3.63) is 46.1 Å². The van der Waals surface area contributed by atoms with Crippen LogP contribution in [0.15, 0.2) is 24.5 Å². The van der Waals surface area contributed by atoms with E-state index < -0.39 is 13.0 Å². The molecule has 0 saturated heterocycles. The SMILES string of the molecule is CCc1cn(CC(F)F)nc1Nc1ncc(C(=O)Nc2c(C)ccc(O)c2C)s1. The Morgan fingerprint density at radius 3 is 2.79 bits per heavy atom. The molecular formula is C19H21F2N5O2S. The smallest absolute Gasteiger partial charge is 0.267 e. The van der Waals surface area contributed by atoms with Crippen molar-refractivity contribution >= 4 is 33.9 Å². The summed E-state index contributed by atoms with van der Waals surface area (Å²) in [7, 11) is 0. The molecule has 0 bridgehead atoms. The number of aromatic hydroxyl groups is 1. The number of amides is 1. The second-order valence-electron chi connectivity index (χ2n) is 6.48. The summed E-state index contributed by atoms with van der Waals surface area (Å²) in [5.74, 6) is 0.185. The molecule has 2 aromatic heterocycles. The number of carbonyl (C=O) groups is 1. The fourth-order valence-electron chi connectivity index (χ4n) is 2.80. The standard InChI is InChI=1S/C19H21F2N5O2S/c1-4-12-8-26(9-15(20)21)25-17(12)24-19-22-7-14(29-19)18(28)23-16-10(2)5-6-13(27)11(16)3/h5-8,15,27H,4,9H2,1-3H3,(H,23,28)(H,22,24,25). The number of aryl methyl sites for hydroxylation is 2. The summed E-state index contributed by atoms with van der Waals surface area (Å²) < 4.78 is 26.4. The van der Waals surface area contributed by atoms with Gasteiger partial charge in [0.05, 0.1) is 11.9 Å². The second-order valence-corrected chi connectivity index (χ2v) is 7.51. The number of anilines is 3. The zero-order valence-corrected chi connectivity index (χ0v) is 17.0. The molecule has 3 N–H and O–H groups in total. The second kappa shape index (κ2) is 8.56. The summed E-state index contributed by atoms with van der Waals surface area (Å²) >= 11 is 1.12. The fourth-order valence-corrected chi connectivity index (χ4v) is 3.51. The lowest BCUT2D eigenvalue weighted by Gasteiger charge is -2.11. The van der Waals surface area contributed by atoms with Crippen LogP contribution in [-0.2, 0) is 13.0 Å². The number of benzene rings is 1. The van der Waals surface area contributed by atoms with Gasteiger partial charge in [-0.15, -0.1) is 0 Å². The number of phenolic OH excluding ortho intramolecular Hbond substituents is 1. The number of rotatable bonds is 7. The number of nitrogens with zero attached hydrogens (tertiary/aromatic N) is 3. The van der Waals surface area contributed by atoms with E-state index in [0.717, 1.165) is 22.5 Å². The van der Waals surface area contributed by atoms with Gasteiger partial charge in [-0.3, -0.25) is 9.48 Å². The van der Waals surface area contributed by atoms with Gasteiger partial charge in [-0.25, -0.2) is 13.8 Å². The van der Waals surface area contributed by atoms with E-state index in [9.17, 15) is 18.7 Å². The molecule has 0 radical (unpaired) electrons. The Balaban J connectivity index is 1.75. The average Bonchev–Trinajstić information content (AvgIpc) is 3.28. The molecule has 0 unspecified atom stereocenters. The molecule has 0 aliphatic heterocycles. The third kappa shape index (κ3) is 4.70. The van der Waals surface area contributed by atoms with Crippen LogP contribution >= 0.6 is 11.3 Å². The molecule has 3 aromatic rings. The molecule has 0 atom stereocenters. The van der Waals surface area contributed by atoms with Crippen LogP contribution < -0.4 is 10.6 Å². The molecule has 10 heteroatoms. The van der Waals surface area contributed by atoms with Crippen LogP contribution in [0.5, 0.6) is 5.75 Å². The number of aromatic nitrogens is 3. The molecule has 1 amide bonds. The van der Waals surface area contributed by atoms with E-state index >= 15 is 0 Å². The van der Waals surface area contributed by atoms with Gasteiger partial charge in [-0.2, -0.15) is 5.10 Å². The first-order valence-electron chi connectivity index (χ1n) is 8.96. The fraction of sp³-hybridized carbons (Fsp3) is 0.316. The monoisotopic (exact) mass is 421 g/mol. The normalized spacial score (nSPS) is 11.1. The molecule has 0 fully saturated rings. The van der Waals surface area contributed by atoms with Gasteiger partial charge in [-0.1, -0.05) is 24.3 Å². The van der Waals surface area contributed by atoms with Crippen molar-refractivity contribution in [2.75, 3.05) is 10.6 Å². The quantitative estimate of drug-likeness (QED) is 0.523. The highest BCUT2D eigenvalue weighted by Crippen LogP contribution is 2.30. The third-order valence-corrected chi connectivity index (χ3v) is 5.29. The van der Waals surface area contributed by atoms with E-state index in [1.165, 1.54) is 10.9 Å². The van der Waals surface area contributed by atoms with E-state index in [0.29, 0.717) is 33.5 Å². The first-order valence-corrected chi connectivity index (χ1v) is 9.78. The van der Waals surface area contributed by atoms with Gasteiger partial charge >= 0.3 is 0 Å². The highest BCUT2D eigenvalue weighted by atomic mass is 32.1. The molecule has 7 nitrogen and oxygen atoms in total. The summed E-state index contributed by atoms with van der Waals surface area (Å²) in [6, 6.07) is 3.30. The van der Waals surface area contributed by atoms with E-state index in [2.05, 4.69) is 20.7 Å². The van der Waals surface area contributed by atoms with Crippen molar-refractivity contribution in [1.82, 2.24) is 14.8 Å². The van der Waals surface area contributed by atoms with Crippen LogP contribution in [-0.4, -0.2) is 32.2 Å². The van der Waals surface area contributed by atoms with Gasteiger partial charge in [0.2, 0.25) is 0 Å². The number of carbonyl (C=O) groups excluding carboxylic acids is 1. The van der Waals surface area contributed by atoms with E-state index in [1.807, 2.05) is 13.8 Å². The molecule has 0 aliphatic carbocycles. The van der Waals surface area contributed by atoms with Crippen molar-refractivity contribution in [2.24, 2.45) is 0 Å². The number of halogens is 2. The number of nitrogens with one attached hydrogen (secondary N) is 2. The Morgan fingerprint density at radius 1 is 1.34 bits per heavy atom. The van der Waals surface area contributed by atoms with E-state index in [1.54, 1.807) is 25.3 Å². The minimum atomic E-state index is -2.49. The van der Waals surface area contributed by atoms with Crippen molar-refractivity contribution in [1.29, 1.82) is 0 Å². The van der Waals surface area contributed by atoms with Gasteiger partial charge in [0.25, 0.3) is 12.3 Å². The molecule has 0 saturated carbocycles. The number of thiazole rings is 1. The molecule has 29 heavy (non-hydrogen) atoms. The summed E-state index contributed by atoms with van der Waals surface area (Å²) in [6.07, 6.45) is 1.12. The van der Waals surface area contributed by atoms with Crippen LogP contribution in [0, 0.1) is 13.8 Å². The predicted octanol–water partition coefficient (Wildman–Crippen LogP) is 4.49. The molecule has 1 aromatic carbocycles. The molecule has 0 aliphatic rings. The maximum Gasteiger partial charge on any atom is 0.267 e. The van der Waals surface area contributed by atoms with Crippen LogP contribution in [0.4, 0.5) is 25.4 Å². The Kier molecular flexibility index (Phi) is 6.12. The topological polar surface area (TPSA) is 92.1 Å². The zero-order valence-electron chi connectivity index (χ0n) is 16.2. The van der Waals surface area contributed by atoms with Gasteiger partial charge in [0, 0.05) is 17.3 Å². The average molecular weight is 421 g/mol. The largest absolute Gasteiger partial charge is 0.508 e. The highest BCUT2D eigenvalue weighted by molar-refractivity contribution is 7.17. The van der Waals surface area contributed by atoms with Crippen LogP contribution in [0.1, 0.15) is 33.3 Å². The van der Waals surface area contributed by atoms with Crippen molar-refractivity contribution in [3.8, 4) is 5.75 Å². The minimum absolute atomic E-state index is 0.101. The van der Waals surface area contributed by atoms with Crippen LogP contribution in [0.25, 0.3) is 0 Å². The van der Waals surface area contributed by atoms with Gasteiger partial charge in [-0.05, 0) is 31.9 Å². The maximum atomic E-state index is 12.6. The Hall–Kier alpha value is -3.01. The molecular weight excluding hydrogens is 400 g/mol. The van der Waals surface area contributed by atoms with Crippen LogP contribution in [0.3, 0.4) is 0 Å². The third-order valence-electron chi connectivity index (χ3n) is 4.38. The zero-order chi connectivity index (χ0) is 21.1. The lowest BCUT2D eigenvalue weighted by Crippen LogP contribution is -2.12. The van der Waals surface area contributed by atoms with E-state index in [4.69, 9.17) is 0 Å². The summed E-state index contributed by atoms with van der Waals surface area (Å²) in [5.41, 5.74) is 2.74. The van der Waals surface area contributed by atoms with Gasteiger partial charge < -0.3 is 15.7 Å². The Labute approximate surface area is 170 Å².